The Bertz CT molecular complexity index is 576. The molecule has 2 rings (SSSR count). The highest BCUT2D eigenvalue weighted by molar-refractivity contribution is 7.89. The summed E-state index contributed by atoms with van der Waals surface area (Å²) in [5.41, 5.74) is 5.97. The minimum atomic E-state index is -3.68. The van der Waals surface area contributed by atoms with E-state index in [0.717, 1.165) is 0 Å². The SMILES string of the molecule is CC1CCN(S(=O)(=O)c2ccc(N)cc2Cl)CC1O. The van der Waals surface area contributed by atoms with Crippen molar-refractivity contribution in [3.63, 3.8) is 0 Å². The van der Waals surface area contributed by atoms with Crippen LogP contribution < -0.4 is 5.73 Å². The fourth-order valence-electron chi connectivity index (χ4n) is 2.10. The molecule has 0 aliphatic carbocycles. The number of nitrogen functional groups attached to an aromatic ring is 1. The van der Waals surface area contributed by atoms with Gasteiger partial charge in [0.2, 0.25) is 10.0 Å². The monoisotopic (exact) mass is 304 g/mol. The second-order valence-electron chi connectivity index (χ2n) is 4.89. The van der Waals surface area contributed by atoms with Gasteiger partial charge in [-0.3, -0.25) is 0 Å². The van der Waals surface area contributed by atoms with Crippen LogP contribution in [0.1, 0.15) is 13.3 Å². The van der Waals surface area contributed by atoms with Crippen LogP contribution in [0.5, 0.6) is 0 Å². The third kappa shape index (κ3) is 2.86. The highest BCUT2D eigenvalue weighted by atomic mass is 35.5. The molecule has 106 valence electrons. The van der Waals surface area contributed by atoms with Crippen molar-refractivity contribution in [2.24, 2.45) is 5.92 Å². The number of nitrogens with zero attached hydrogens (tertiary/aromatic N) is 1. The summed E-state index contributed by atoms with van der Waals surface area (Å²) in [7, 11) is -3.68. The molecule has 2 unspecified atom stereocenters. The number of hydrogen-bond donors (Lipinski definition) is 2. The molecular formula is C12H17ClN2O3S. The first-order chi connectivity index (χ1) is 8.82. The Morgan fingerprint density at radius 1 is 1.47 bits per heavy atom. The van der Waals surface area contributed by atoms with Crippen LogP contribution in [-0.2, 0) is 10.0 Å². The lowest BCUT2D eigenvalue weighted by molar-refractivity contribution is 0.0605. The molecule has 0 aromatic heterocycles. The first kappa shape index (κ1) is 14.6. The van der Waals surface area contributed by atoms with Crippen molar-refractivity contribution in [2.75, 3.05) is 18.8 Å². The minimum absolute atomic E-state index is 0.0325. The lowest BCUT2D eigenvalue weighted by Gasteiger charge is -2.33. The number of benzene rings is 1. The van der Waals surface area contributed by atoms with E-state index >= 15 is 0 Å². The number of aliphatic hydroxyl groups excluding tert-OH is 1. The molecule has 1 saturated heterocycles. The van der Waals surface area contributed by atoms with Gasteiger partial charge in [0.05, 0.1) is 11.1 Å². The number of piperidine rings is 1. The average Bonchev–Trinajstić information content (AvgIpc) is 2.32. The lowest BCUT2D eigenvalue weighted by Crippen LogP contribution is -2.45. The topological polar surface area (TPSA) is 83.6 Å². The van der Waals surface area contributed by atoms with Crippen molar-refractivity contribution in [2.45, 2.75) is 24.3 Å². The Morgan fingerprint density at radius 3 is 2.74 bits per heavy atom. The van der Waals surface area contributed by atoms with Crippen molar-refractivity contribution >= 4 is 27.3 Å². The Kier molecular flexibility index (Phi) is 4.06. The summed E-state index contributed by atoms with van der Waals surface area (Å²) in [6.07, 6.45) is -0.0106. The number of rotatable bonds is 2. The van der Waals surface area contributed by atoms with E-state index < -0.39 is 16.1 Å². The van der Waals surface area contributed by atoms with E-state index in [4.69, 9.17) is 17.3 Å². The molecule has 0 radical (unpaired) electrons. The maximum Gasteiger partial charge on any atom is 0.244 e. The van der Waals surface area contributed by atoms with Gasteiger partial charge in [0.1, 0.15) is 4.90 Å². The van der Waals surface area contributed by atoms with Gasteiger partial charge >= 0.3 is 0 Å². The molecule has 1 heterocycles. The summed E-state index contributed by atoms with van der Waals surface area (Å²) < 4.78 is 26.2. The molecule has 2 atom stereocenters. The van der Waals surface area contributed by atoms with Crippen LogP contribution in [0.15, 0.2) is 23.1 Å². The highest BCUT2D eigenvalue weighted by Gasteiger charge is 2.33. The summed E-state index contributed by atoms with van der Waals surface area (Å²) in [6.45, 7) is 2.40. The van der Waals surface area contributed by atoms with Gasteiger partial charge in [-0.2, -0.15) is 4.31 Å². The van der Waals surface area contributed by atoms with E-state index in [-0.39, 0.29) is 22.4 Å². The number of aliphatic hydroxyl groups is 1. The summed E-state index contributed by atoms with van der Waals surface area (Å²) >= 11 is 5.95. The van der Waals surface area contributed by atoms with Gasteiger partial charge < -0.3 is 10.8 Å². The summed E-state index contributed by atoms with van der Waals surface area (Å²) in [5.74, 6) is 0.105. The Balaban J connectivity index is 2.32. The van der Waals surface area contributed by atoms with E-state index in [0.29, 0.717) is 18.7 Å². The van der Waals surface area contributed by atoms with E-state index in [2.05, 4.69) is 0 Å². The second-order valence-corrected chi connectivity index (χ2v) is 7.20. The predicted octanol–water partition coefficient (Wildman–Crippen LogP) is 1.31. The van der Waals surface area contributed by atoms with Crippen molar-refractivity contribution in [3.8, 4) is 0 Å². The third-order valence-electron chi connectivity index (χ3n) is 3.46. The molecule has 0 bridgehead atoms. The largest absolute Gasteiger partial charge is 0.399 e. The van der Waals surface area contributed by atoms with Crippen LogP contribution in [0.25, 0.3) is 0 Å². The molecule has 1 fully saturated rings. The van der Waals surface area contributed by atoms with Gasteiger partial charge in [0, 0.05) is 18.8 Å². The Labute approximate surface area is 118 Å². The summed E-state index contributed by atoms with van der Waals surface area (Å²) in [4.78, 5) is 0.0325. The smallest absolute Gasteiger partial charge is 0.244 e. The molecule has 7 heteroatoms. The summed E-state index contributed by atoms with van der Waals surface area (Å²) in [5, 5.41) is 9.92. The maximum atomic E-state index is 12.5. The third-order valence-corrected chi connectivity index (χ3v) is 5.80. The number of β-amino-alcohol motifs (C(OH)–C–C–N with tert-alkyl or cyclic N) is 1. The molecule has 1 aromatic rings. The minimum Gasteiger partial charge on any atom is -0.399 e. The zero-order valence-electron chi connectivity index (χ0n) is 10.6. The highest BCUT2D eigenvalue weighted by Crippen LogP contribution is 2.29. The van der Waals surface area contributed by atoms with E-state index in [9.17, 15) is 13.5 Å². The molecular weight excluding hydrogens is 288 g/mol. The second kappa shape index (κ2) is 5.28. The van der Waals surface area contributed by atoms with E-state index in [1.165, 1.54) is 22.5 Å². The van der Waals surface area contributed by atoms with Gasteiger partial charge in [-0.15, -0.1) is 0 Å². The predicted molar refractivity (Wildman–Crippen MR) is 74.4 cm³/mol. The van der Waals surface area contributed by atoms with E-state index in [1.54, 1.807) is 0 Å². The molecule has 0 amide bonds. The van der Waals surface area contributed by atoms with Crippen molar-refractivity contribution in [1.29, 1.82) is 0 Å². The van der Waals surface area contributed by atoms with Crippen LogP contribution in [0.3, 0.4) is 0 Å². The first-order valence-corrected chi connectivity index (χ1v) is 7.87. The van der Waals surface area contributed by atoms with Gasteiger partial charge in [0.15, 0.2) is 0 Å². The summed E-state index contributed by atoms with van der Waals surface area (Å²) in [6, 6.07) is 4.32. The fourth-order valence-corrected chi connectivity index (χ4v) is 4.10. The number of hydrogen-bond acceptors (Lipinski definition) is 4. The molecule has 1 aliphatic heterocycles. The Hall–Kier alpha value is -0.820. The van der Waals surface area contributed by atoms with Crippen molar-refractivity contribution in [3.05, 3.63) is 23.2 Å². The zero-order chi connectivity index (χ0) is 14.2. The molecule has 5 nitrogen and oxygen atoms in total. The Morgan fingerprint density at radius 2 is 2.16 bits per heavy atom. The normalized spacial score (nSPS) is 25.4. The van der Waals surface area contributed by atoms with Crippen LogP contribution in [0.2, 0.25) is 5.02 Å². The van der Waals surface area contributed by atoms with Crippen LogP contribution in [0.4, 0.5) is 5.69 Å². The standard InChI is InChI=1S/C12H17ClN2O3S/c1-8-4-5-15(7-11(8)16)19(17,18)12-3-2-9(14)6-10(12)13/h2-3,6,8,11,16H,4-5,7,14H2,1H3. The molecule has 0 saturated carbocycles. The molecule has 0 spiro atoms. The van der Waals surface area contributed by atoms with Gasteiger partial charge in [-0.25, -0.2) is 8.42 Å². The van der Waals surface area contributed by atoms with Crippen molar-refractivity contribution < 1.29 is 13.5 Å². The maximum absolute atomic E-state index is 12.5. The van der Waals surface area contributed by atoms with Crippen LogP contribution in [0, 0.1) is 5.92 Å². The quantitative estimate of drug-likeness (QED) is 0.807. The number of nitrogens with two attached hydrogens (primary N) is 1. The zero-order valence-corrected chi connectivity index (χ0v) is 12.2. The molecule has 3 N–H and O–H groups in total. The van der Waals surface area contributed by atoms with Gasteiger partial charge in [-0.1, -0.05) is 18.5 Å². The number of anilines is 1. The fraction of sp³-hybridized carbons (Fsp3) is 0.500. The van der Waals surface area contributed by atoms with Crippen LogP contribution in [-0.4, -0.2) is 37.0 Å². The average molecular weight is 305 g/mol. The number of halogens is 1. The van der Waals surface area contributed by atoms with Gasteiger partial charge in [0.25, 0.3) is 0 Å². The van der Waals surface area contributed by atoms with Gasteiger partial charge in [-0.05, 0) is 30.5 Å². The lowest BCUT2D eigenvalue weighted by atomic mass is 9.98. The van der Waals surface area contributed by atoms with Crippen LogP contribution >= 0.6 is 11.6 Å². The molecule has 1 aliphatic rings. The first-order valence-electron chi connectivity index (χ1n) is 6.05. The van der Waals surface area contributed by atoms with E-state index in [1.807, 2.05) is 6.92 Å². The van der Waals surface area contributed by atoms with Crippen molar-refractivity contribution in [1.82, 2.24) is 4.31 Å². The molecule has 19 heavy (non-hydrogen) atoms. The molecule has 1 aromatic carbocycles. The number of sulfonamides is 1.